The van der Waals surface area contributed by atoms with Gasteiger partial charge in [-0.25, -0.2) is 0 Å². The van der Waals surface area contributed by atoms with Crippen LogP contribution in [0.15, 0.2) is 46.9 Å². The summed E-state index contributed by atoms with van der Waals surface area (Å²) in [7, 11) is 3.39. The van der Waals surface area contributed by atoms with Crippen molar-refractivity contribution in [1.29, 1.82) is 0 Å². The van der Waals surface area contributed by atoms with Crippen LogP contribution < -0.4 is 10.1 Å². The molecule has 0 aromatic heterocycles. The molecule has 0 aliphatic rings. The second-order valence-corrected chi connectivity index (χ2v) is 5.68. The van der Waals surface area contributed by atoms with Gasteiger partial charge < -0.3 is 14.8 Å². The van der Waals surface area contributed by atoms with Crippen molar-refractivity contribution in [3.05, 3.63) is 63.6 Å². The van der Waals surface area contributed by atoms with Gasteiger partial charge in [-0.2, -0.15) is 0 Å². The highest BCUT2D eigenvalue weighted by molar-refractivity contribution is 9.10. The van der Waals surface area contributed by atoms with Crippen molar-refractivity contribution >= 4 is 15.9 Å². The van der Waals surface area contributed by atoms with E-state index >= 15 is 0 Å². The Morgan fingerprint density at radius 3 is 2.33 bits per heavy atom. The minimum Gasteiger partial charge on any atom is -0.496 e. The molecule has 2 aromatic rings. The SMILES string of the molecule is COCc1cccc(CNCc2ccc(OC)c(Br)c2)c1. The van der Waals surface area contributed by atoms with Gasteiger partial charge in [-0.3, -0.25) is 0 Å². The molecule has 0 saturated carbocycles. The average molecular weight is 350 g/mol. The Hall–Kier alpha value is -1.36. The number of hydrogen-bond acceptors (Lipinski definition) is 3. The minimum absolute atomic E-state index is 0.652. The normalized spacial score (nSPS) is 10.6. The average Bonchev–Trinajstić information content (AvgIpc) is 2.48. The highest BCUT2D eigenvalue weighted by Gasteiger charge is 2.01. The van der Waals surface area contributed by atoms with Gasteiger partial charge in [0.25, 0.3) is 0 Å². The zero-order chi connectivity index (χ0) is 15.1. The monoisotopic (exact) mass is 349 g/mol. The number of nitrogens with one attached hydrogen (secondary N) is 1. The molecule has 0 radical (unpaired) electrons. The molecule has 0 bridgehead atoms. The van der Waals surface area contributed by atoms with Crippen LogP contribution in [0.2, 0.25) is 0 Å². The summed E-state index contributed by atoms with van der Waals surface area (Å²) in [5.74, 6) is 0.853. The maximum atomic E-state index is 5.23. The van der Waals surface area contributed by atoms with E-state index < -0.39 is 0 Å². The van der Waals surface area contributed by atoms with E-state index in [0.717, 1.165) is 23.3 Å². The van der Waals surface area contributed by atoms with E-state index in [9.17, 15) is 0 Å². The number of rotatable bonds is 7. The lowest BCUT2D eigenvalue weighted by molar-refractivity contribution is 0.185. The minimum atomic E-state index is 0.652. The van der Waals surface area contributed by atoms with Crippen molar-refractivity contribution in [3.8, 4) is 5.75 Å². The summed E-state index contributed by atoms with van der Waals surface area (Å²) in [6.07, 6.45) is 0. The Balaban J connectivity index is 1.89. The topological polar surface area (TPSA) is 30.5 Å². The van der Waals surface area contributed by atoms with E-state index in [-0.39, 0.29) is 0 Å². The van der Waals surface area contributed by atoms with E-state index in [1.807, 2.05) is 6.07 Å². The van der Waals surface area contributed by atoms with Gasteiger partial charge in [0, 0.05) is 20.2 Å². The van der Waals surface area contributed by atoms with E-state index in [1.54, 1.807) is 14.2 Å². The third-order valence-corrected chi connectivity index (χ3v) is 3.80. The Kier molecular flexibility index (Phi) is 6.23. The summed E-state index contributed by atoms with van der Waals surface area (Å²) in [6.45, 7) is 2.30. The molecule has 1 N–H and O–H groups in total. The summed E-state index contributed by atoms with van der Waals surface area (Å²) in [5, 5.41) is 3.45. The van der Waals surface area contributed by atoms with Crippen LogP contribution in [0.4, 0.5) is 0 Å². The molecule has 2 aromatic carbocycles. The molecule has 0 fully saturated rings. The molecule has 0 saturated heterocycles. The van der Waals surface area contributed by atoms with Crippen molar-refractivity contribution in [2.24, 2.45) is 0 Å². The fourth-order valence-corrected chi connectivity index (χ4v) is 2.76. The van der Waals surface area contributed by atoms with Gasteiger partial charge in [-0.1, -0.05) is 30.3 Å². The molecular formula is C17H20BrNO2. The standard InChI is InChI=1S/C17H20BrNO2/c1-20-12-15-5-3-4-13(8-15)10-19-11-14-6-7-17(21-2)16(18)9-14/h3-9,19H,10-12H2,1-2H3. The van der Waals surface area contributed by atoms with Gasteiger partial charge in [0.15, 0.2) is 0 Å². The third kappa shape index (κ3) is 4.84. The molecule has 0 heterocycles. The summed E-state index contributed by atoms with van der Waals surface area (Å²) in [4.78, 5) is 0. The number of hydrogen-bond donors (Lipinski definition) is 1. The zero-order valence-corrected chi connectivity index (χ0v) is 13.9. The molecule has 2 rings (SSSR count). The Morgan fingerprint density at radius 2 is 1.67 bits per heavy atom. The molecule has 0 atom stereocenters. The first-order valence-corrected chi connectivity index (χ1v) is 7.62. The predicted octanol–water partition coefficient (Wildman–Crippen LogP) is 3.89. The van der Waals surface area contributed by atoms with Crippen molar-refractivity contribution in [2.45, 2.75) is 19.7 Å². The Morgan fingerprint density at radius 1 is 0.952 bits per heavy atom. The number of benzene rings is 2. The van der Waals surface area contributed by atoms with Crippen LogP contribution in [0.1, 0.15) is 16.7 Å². The lowest BCUT2D eigenvalue weighted by Gasteiger charge is -2.09. The largest absolute Gasteiger partial charge is 0.496 e. The lowest BCUT2D eigenvalue weighted by atomic mass is 10.1. The molecule has 21 heavy (non-hydrogen) atoms. The summed E-state index contributed by atoms with van der Waals surface area (Å²) in [5.41, 5.74) is 3.68. The van der Waals surface area contributed by atoms with Crippen molar-refractivity contribution < 1.29 is 9.47 Å². The summed E-state index contributed by atoms with van der Waals surface area (Å²) < 4.78 is 11.4. The Labute approximate surface area is 134 Å². The summed E-state index contributed by atoms with van der Waals surface area (Å²) >= 11 is 3.50. The third-order valence-electron chi connectivity index (χ3n) is 3.18. The fourth-order valence-electron chi connectivity index (χ4n) is 2.17. The van der Waals surface area contributed by atoms with Gasteiger partial charge in [0.2, 0.25) is 0 Å². The zero-order valence-electron chi connectivity index (χ0n) is 12.4. The van der Waals surface area contributed by atoms with E-state index in [2.05, 4.69) is 57.6 Å². The molecule has 4 heteroatoms. The molecule has 0 spiro atoms. The van der Waals surface area contributed by atoms with Gasteiger partial charge in [-0.15, -0.1) is 0 Å². The quantitative estimate of drug-likeness (QED) is 0.822. The first kappa shape index (κ1) is 16.0. The molecule has 0 amide bonds. The van der Waals surface area contributed by atoms with E-state index in [0.29, 0.717) is 6.61 Å². The number of ether oxygens (including phenoxy) is 2. The molecule has 112 valence electrons. The van der Waals surface area contributed by atoms with E-state index in [4.69, 9.17) is 9.47 Å². The van der Waals surface area contributed by atoms with Crippen LogP contribution in [-0.4, -0.2) is 14.2 Å². The Bertz CT molecular complexity index is 587. The van der Waals surface area contributed by atoms with Crippen LogP contribution >= 0.6 is 15.9 Å². The molecule has 0 aliphatic heterocycles. The smallest absolute Gasteiger partial charge is 0.133 e. The first-order valence-electron chi connectivity index (χ1n) is 6.83. The predicted molar refractivity (Wildman–Crippen MR) is 88.4 cm³/mol. The summed E-state index contributed by atoms with van der Waals surface area (Å²) in [6, 6.07) is 14.5. The second-order valence-electron chi connectivity index (χ2n) is 4.83. The fraction of sp³-hybridized carbons (Fsp3) is 0.294. The van der Waals surface area contributed by atoms with Gasteiger partial charge in [0.05, 0.1) is 18.2 Å². The van der Waals surface area contributed by atoms with E-state index in [1.165, 1.54) is 16.7 Å². The van der Waals surface area contributed by atoms with Gasteiger partial charge >= 0.3 is 0 Å². The highest BCUT2D eigenvalue weighted by Crippen LogP contribution is 2.25. The molecule has 3 nitrogen and oxygen atoms in total. The van der Waals surface area contributed by atoms with Crippen LogP contribution in [0.3, 0.4) is 0 Å². The molecule has 0 aliphatic carbocycles. The van der Waals surface area contributed by atoms with Crippen LogP contribution in [0.25, 0.3) is 0 Å². The maximum absolute atomic E-state index is 5.23. The number of halogens is 1. The molecular weight excluding hydrogens is 330 g/mol. The van der Waals surface area contributed by atoms with Crippen LogP contribution in [-0.2, 0) is 24.4 Å². The highest BCUT2D eigenvalue weighted by atomic mass is 79.9. The van der Waals surface area contributed by atoms with Gasteiger partial charge in [0.1, 0.15) is 5.75 Å². The first-order chi connectivity index (χ1) is 10.2. The van der Waals surface area contributed by atoms with Crippen molar-refractivity contribution in [1.82, 2.24) is 5.32 Å². The number of methoxy groups -OCH3 is 2. The van der Waals surface area contributed by atoms with Crippen molar-refractivity contribution in [3.63, 3.8) is 0 Å². The second kappa shape index (κ2) is 8.17. The molecule has 0 unspecified atom stereocenters. The van der Waals surface area contributed by atoms with Gasteiger partial charge in [-0.05, 0) is 44.8 Å². The maximum Gasteiger partial charge on any atom is 0.133 e. The van der Waals surface area contributed by atoms with Crippen molar-refractivity contribution in [2.75, 3.05) is 14.2 Å². The van der Waals surface area contributed by atoms with Crippen LogP contribution in [0, 0.1) is 0 Å². The van der Waals surface area contributed by atoms with Crippen LogP contribution in [0.5, 0.6) is 5.75 Å². The lowest BCUT2D eigenvalue weighted by Crippen LogP contribution is -2.12.